The normalized spacial score (nSPS) is 13.8. The lowest BCUT2D eigenvalue weighted by Gasteiger charge is -2.28. The van der Waals surface area contributed by atoms with E-state index in [1.54, 1.807) is 0 Å². The summed E-state index contributed by atoms with van der Waals surface area (Å²) in [4.78, 5) is 11.2. The summed E-state index contributed by atoms with van der Waals surface area (Å²) < 4.78 is 26.5. The molecular weight excluding hydrogens is 278 g/mol. The molecule has 0 saturated heterocycles. The van der Waals surface area contributed by atoms with Crippen molar-refractivity contribution in [3.8, 4) is 0 Å². The van der Waals surface area contributed by atoms with Crippen LogP contribution >= 0.6 is 0 Å². The van der Waals surface area contributed by atoms with E-state index in [0.717, 1.165) is 0 Å². The second-order valence-electron chi connectivity index (χ2n) is 5.24. The molecule has 1 atom stereocenters. The number of nitrogens with zero attached hydrogens (tertiary/aromatic N) is 1. The summed E-state index contributed by atoms with van der Waals surface area (Å²) in [7, 11) is -2.18. The molecule has 1 aromatic rings. The van der Waals surface area contributed by atoms with Crippen molar-refractivity contribution in [3.05, 3.63) is 29.3 Å². The lowest BCUT2D eigenvalue weighted by Crippen LogP contribution is -2.38. The summed E-state index contributed by atoms with van der Waals surface area (Å²) in [6.07, 6.45) is 0. The Morgan fingerprint density at radius 2 is 1.80 bits per heavy atom. The fraction of sp³-hybridized carbons (Fsp3) is 0.500. The van der Waals surface area contributed by atoms with Crippen LogP contribution in [-0.4, -0.2) is 36.9 Å². The molecule has 0 amide bonds. The maximum absolute atomic E-state index is 12.6. The molecule has 112 valence electrons. The van der Waals surface area contributed by atoms with E-state index in [2.05, 4.69) is 0 Å². The molecule has 0 saturated carbocycles. The molecule has 0 spiro atoms. The summed E-state index contributed by atoms with van der Waals surface area (Å²) >= 11 is 0. The highest BCUT2D eigenvalue weighted by molar-refractivity contribution is 7.89. The van der Waals surface area contributed by atoms with E-state index < -0.39 is 16.0 Å². The van der Waals surface area contributed by atoms with Gasteiger partial charge < -0.3 is 5.11 Å². The molecule has 0 fully saturated rings. The quantitative estimate of drug-likeness (QED) is 0.905. The van der Waals surface area contributed by atoms with Gasteiger partial charge in [0.15, 0.2) is 0 Å². The molecule has 0 bridgehead atoms. The number of benzene rings is 1. The molecule has 0 aromatic heterocycles. The topological polar surface area (TPSA) is 74.7 Å². The number of carboxylic acid groups (broad SMARTS) is 1. The minimum atomic E-state index is -3.70. The van der Waals surface area contributed by atoms with Gasteiger partial charge in [-0.05, 0) is 37.5 Å². The minimum absolute atomic E-state index is 0.0108. The maximum Gasteiger partial charge on any atom is 0.335 e. The van der Waals surface area contributed by atoms with Crippen molar-refractivity contribution in [3.63, 3.8) is 0 Å². The molecule has 1 aromatic carbocycles. The van der Waals surface area contributed by atoms with Crippen LogP contribution in [0.25, 0.3) is 0 Å². The van der Waals surface area contributed by atoms with E-state index >= 15 is 0 Å². The second-order valence-corrected chi connectivity index (χ2v) is 7.21. The second kappa shape index (κ2) is 5.93. The Balaban J connectivity index is 3.37. The van der Waals surface area contributed by atoms with Crippen LogP contribution in [-0.2, 0) is 10.0 Å². The average molecular weight is 299 g/mol. The summed E-state index contributed by atoms with van der Waals surface area (Å²) in [5, 5.41) is 9.08. The molecular formula is C14H21NO4S. The van der Waals surface area contributed by atoms with Gasteiger partial charge in [0, 0.05) is 13.1 Å². The lowest BCUT2D eigenvalue weighted by molar-refractivity contribution is 0.0696. The van der Waals surface area contributed by atoms with E-state index in [9.17, 15) is 13.2 Å². The third-order valence-electron chi connectivity index (χ3n) is 3.71. The highest BCUT2D eigenvalue weighted by Crippen LogP contribution is 2.24. The molecule has 0 radical (unpaired) electrons. The molecule has 5 nitrogen and oxygen atoms in total. The molecule has 0 aliphatic carbocycles. The van der Waals surface area contributed by atoms with Crippen LogP contribution in [0.5, 0.6) is 0 Å². The molecule has 20 heavy (non-hydrogen) atoms. The van der Waals surface area contributed by atoms with Crippen LogP contribution in [0.3, 0.4) is 0 Å². The number of carbonyl (C=O) groups is 1. The van der Waals surface area contributed by atoms with Gasteiger partial charge in [-0.3, -0.25) is 0 Å². The summed E-state index contributed by atoms with van der Waals surface area (Å²) in [6.45, 7) is 7.23. The summed E-state index contributed by atoms with van der Waals surface area (Å²) in [5.41, 5.74) is 0.277. The van der Waals surface area contributed by atoms with Crippen LogP contribution in [0.15, 0.2) is 23.1 Å². The Morgan fingerprint density at radius 1 is 1.25 bits per heavy atom. The number of carboxylic acids is 1. The van der Waals surface area contributed by atoms with Crippen molar-refractivity contribution < 1.29 is 18.3 Å². The average Bonchev–Trinajstić information content (AvgIpc) is 2.36. The van der Waals surface area contributed by atoms with Gasteiger partial charge in [-0.25, -0.2) is 13.2 Å². The Kier molecular flexibility index (Phi) is 4.94. The van der Waals surface area contributed by atoms with Crippen molar-refractivity contribution in [1.82, 2.24) is 4.31 Å². The number of aromatic carboxylic acids is 1. The molecule has 0 aliphatic rings. The fourth-order valence-corrected chi connectivity index (χ4v) is 3.66. The van der Waals surface area contributed by atoms with E-state index in [1.807, 2.05) is 20.8 Å². The third kappa shape index (κ3) is 3.02. The van der Waals surface area contributed by atoms with Gasteiger partial charge in [-0.1, -0.05) is 19.9 Å². The molecule has 1 N–H and O–H groups in total. The van der Waals surface area contributed by atoms with Crippen LogP contribution in [0.2, 0.25) is 0 Å². The minimum Gasteiger partial charge on any atom is -0.478 e. The Bertz CT molecular complexity index is 608. The predicted octanol–water partition coefficient (Wildman–Crippen LogP) is 2.36. The van der Waals surface area contributed by atoms with E-state index in [4.69, 9.17) is 5.11 Å². The monoisotopic (exact) mass is 299 g/mol. The van der Waals surface area contributed by atoms with Gasteiger partial charge >= 0.3 is 5.97 Å². The van der Waals surface area contributed by atoms with Crippen molar-refractivity contribution in [1.29, 1.82) is 0 Å². The zero-order chi connectivity index (χ0) is 15.7. The number of sulfonamides is 1. The lowest BCUT2D eigenvalue weighted by atomic mass is 10.1. The summed E-state index contributed by atoms with van der Waals surface area (Å²) in [6, 6.07) is 4.13. The van der Waals surface area contributed by atoms with Crippen LogP contribution in [0.1, 0.15) is 36.7 Å². The molecule has 1 unspecified atom stereocenters. The van der Waals surface area contributed by atoms with Gasteiger partial charge in [0.05, 0.1) is 10.5 Å². The predicted molar refractivity (Wildman–Crippen MR) is 77.4 cm³/mol. The van der Waals surface area contributed by atoms with Crippen LogP contribution < -0.4 is 0 Å². The first-order valence-corrected chi connectivity index (χ1v) is 7.85. The summed E-state index contributed by atoms with van der Waals surface area (Å²) in [5.74, 6) is -0.961. The van der Waals surface area contributed by atoms with Gasteiger partial charge in [0.25, 0.3) is 0 Å². The fourth-order valence-electron chi connectivity index (χ4n) is 1.92. The van der Waals surface area contributed by atoms with E-state index in [-0.39, 0.29) is 28.0 Å². The van der Waals surface area contributed by atoms with E-state index in [1.165, 1.54) is 36.5 Å². The maximum atomic E-state index is 12.6. The highest BCUT2D eigenvalue weighted by Gasteiger charge is 2.29. The zero-order valence-electron chi connectivity index (χ0n) is 12.4. The highest BCUT2D eigenvalue weighted by atomic mass is 32.2. The van der Waals surface area contributed by atoms with Gasteiger partial charge in [0.2, 0.25) is 10.0 Å². The first kappa shape index (κ1) is 16.7. The third-order valence-corrected chi connectivity index (χ3v) is 5.80. The molecule has 0 heterocycles. The molecule has 0 aliphatic heterocycles. The van der Waals surface area contributed by atoms with Gasteiger partial charge in [0.1, 0.15) is 0 Å². The zero-order valence-corrected chi connectivity index (χ0v) is 13.2. The van der Waals surface area contributed by atoms with Crippen molar-refractivity contribution in [2.45, 2.75) is 38.6 Å². The number of hydrogen-bond donors (Lipinski definition) is 1. The van der Waals surface area contributed by atoms with Crippen LogP contribution in [0, 0.1) is 12.8 Å². The van der Waals surface area contributed by atoms with Crippen LogP contribution in [0.4, 0.5) is 0 Å². The largest absolute Gasteiger partial charge is 0.478 e. The smallest absolute Gasteiger partial charge is 0.335 e. The van der Waals surface area contributed by atoms with Crippen molar-refractivity contribution in [2.75, 3.05) is 7.05 Å². The Hall–Kier alpha value is -1.40. The number of rotatable bonds is 5. The number of hydrogen-bond acceptors (Lipinski definition) is 3. The standard InChI is InChI=1S/C14H21NO4S/c1-9(2)11(4)15(5)20(18,19)13-8-6-7-12(10(13)3)14(16)17/h6-9,11H,1-5H3,(H,16,17). The van der Waals surface area contributed by atoms with Gasteiger partial charge in [-0.15, -0.1) is 0 Å². The Morgan fingerprint density at radius 3 is 2.25 bits per heavy atom. The SMILES string of the molecule is Cc1c(C(=O)O)cccc1S(=O)(=O)N(C)C(C)C(C)C. The van der Waals surface area contributed by atoms with Gasteiger partial charge in [-0.2, -0.15) is 4.31 Å². The Labute approximate surface area is 120 Å². The first-order valence-electron chi connectivity index (χ1n) is 6.41. The van der Waals surface area contributed by atoms with Crippen molar-refractivity contribution >= 4 is 16.0 Å². The first-order chi connectivity index (χ1) is 9.10. The van der Waals surface area contributed by atoms with E-state index in [0.29, 0.717) is 0 Å². The van der Waals surface area contributed by atoms with Crippen molar-refractivity contribution in [2.24, 2.45) is 5.92 Å². The molecule has 6 heteroatoms. The molecule has 1 rings (SSSR count).